The van der Waals surface area contributed by atoms with Crippen LogP contribution in [0.15, 0.2) is 22.7 Å². The molecule has 1 fully saturated rings. The molecular formula is C11H12BrFN2O. The summed E-state index contributed by atoms with van der Waals surface area (Å²) in [7, 11) is 0. The molecule has 0 heterocycles. The van der Waals surface area contributed by atoms with E-state index in [2.05, 4.69) is 21.2 Å². The third-order valence-electron chi connectivity index (χ3n) is 2.88. The number of carbonyl (C=O) groups is 1. The Balaban J connectivity index is 2.09. The second kappa shape index (κ2) is 4.14. The van der Waals surface area contributed by atoms with E-state index in [1.54, 1.807) is 12.1 Å². The molecule has 1 aliphatic carbocycles. The third kappa shape index (κ3) is 2.10. The zero-order valence-electron chi connectivity index (χ0n) is 8.59. The fraction of sp³-hybridized carbons (Fsp3) is 0.364. The van der Waals surface area contributed by atoms with Crippen LogP contribution in [0.4, 0.5) is 10.1 Å². The molecule has 86 valence electrons. The molecule has 0 unspecified atom stereocenters. The van der Waals surface area contributed by atoms with Crippen LogP contribution in [0.25, 0.3) is 0 Å². The van der Waals surface area contributed by atoms with Gasteiger partial charge in [-0.3, -0.25) is 4.79 Å². The van der Waals surface area contributed by atoms with Crippen LogP contribution in [0.3, 0.4) is 0 Å². The van der Waals surface area contributed by atoms with Gasteiger partial charge in [-0.25, -0.2) is 4.39 Å². The van der Waals surface area contributed by atoms with E-state index in [0.717, 1.165) is 6.42 Å². The first-order valence-corrected chi connectivity index (χ1v) is 5.86. The molecule has 0 radical (unpaired) electrons. The Hall–Kier alpha value is -0.940. The molecule has 1 aromatic rings. The number of halogens is 2. The lowest BCUT2D eigenvalue weighted by Gasteiger charge is -2.36. The lowest BCUT2D eigenvalue weighted by Crippen LogP contribution is -2.56. The summed E-state index contributed by atoms with van der Waals surface area (Å²) in [5, 5.41) is 2.63. The van der Waals surface area contributed by atoms with Gasteiger partial charge in [0.05, 0.1) is 10.0 Å². The third-order valence-corrected chi connectivity index (χ3v) is 3.52. The fourth-order valence-electron chi connectivity index (χ4n) is 1.61. The normalized spacial score (nSPS) is 17.7. The number of rotatable bonds is 2. The van der Waals surface area contributed by atoms with Crippen LogP contribution in [-0.2, 0) is 4.79 Å². The van der Waals surface area contributed by atoms with E-state index < -0.39 is 11.4 Å². The molecule has 0 atom stereocenters. The summed E-state index contributed by atoms with van der Waals surface area (Å²) in [5.74, 6) is -0.641. The quantitative estimate of drug-likeness (QED) is 0.877. The van der Waals surface area contributed by atoms with Gasteiger partial charge in [-0.05, 0) is 53.4 Å². The molecular weight excluding hydrogens is 275 g/mol. The van der Waals surface area contributed by atoms with Crippen molar-refractivity contribution in [2.45, 2.75) is 24.8 Å². The zero-order chi connectivity index (χ0) is 11.8. The Morgan fingerprint density at radius 2 is 2.19 bits per heavy atom. The van der Waals surface area contributed by atoms with Gasteiger partial charge in [0.1, 0.15) is 5.82 Å². The topological polar surface area (TPSA) is 55.1 Å². The van der Waals surface area contributed by atoms with Gasteiger partial charge in [0.25, 0.3) is 0 Å². The minimum atomic E-state index is -0.760. The molecule has 2 rings (SSSR count). The standard InChI is InChI=1S/C11H12BrFN2O/c12-8-3-2-7(6-9(8)13)15-10(16)11(14)4-1-5-11/h2-3,6H,1,4-5,14H2,(H,15,16). The lowest BCUT2D eigenvalue weighted by molar-refractivity contribution is -0.123. The number of nitrogens with two attached hydrogens (primary N) is 1. The number of nitrogens with one attached hydrogen (secondary N) is 1. The minimum Gasteiger partial charge on any atom is -0.324 e. The predicted octanol–water partition coefficient (Wildman–Crippen LogP) is 2.41. The van der Waals surface area contributed by atoms with E-state index in [-0.39, 0.29) is 5.91 Å². The number of anilines is 1. The molecule has 3 nitrogen and oxygen atoms in total. The van der Waals surface area contributed by atoms with Crippen molar-refractivity contribution in [2.75, 3.05) is 5.32 Å². The van der Waals surface area contributed by atoms with E-state index in [4.69, 9.17) is 5.73 Å². The monoisotopic (exact) mass is 286 g/mol. The first-order valence-electron chi connectivity index (χ1n) is 5.07. The predicted molar refractivity (Wildman–Crippen MR) is 63.5 cm³/mol. The Morgan fingerprint density at radius 1 is 1.50 bits per heavy atom. The Kier molecular flexibility index (Phi) is 2.99. The zero-order valence-corrected chi connectivity index (χ0v) is 10.2. The van der Waals surface area contributed by atoms with Crippen molar-refractivity contribution < 1.29 is 9.18 Å². The van der Waals surface area contributed by atoms with Crippen LogP contribution in [0, 0.1) is 5.82 Å². The van der Waals surface area contributed by atoms with Crippen molar-refractivity contribution in [1.29, 1.82) is 0 Å². The summed E-state index contributed by atoms with van der Waals surface area (Å²) in [6.07, 6.45) is 2.36. The first kappa shape index (κ1) is 11.5. The van der Waals surface area contributed by atoms with Gasteiger partial charge in [-0.1, -0.05) is 0 Å². The Bertz CT molecular complexity index is 432. The van der Waals surface area contributed by atoms with Crippen LogP contribution < -0.4 is 11.1 Å². The van der Waals surface area contributed by atoms with Crippen molar-refractivity contribution in [1.82, 2.24) is 0 Å². The molecule has 1 amide bonds. The number of hydrogen-bond donors (Lipinski definition) is 2. The average Bonchev–Trinajstić information content (AvgIpc) is 2.20. The van der Waals surface area contributed by atoms with Crippen LogP contribution in [0.1, 0.15) is 19.3 Å². The summed E-state index contributed by atoms with van der Waals surface area (Å²) in [6, 6.07) is 4.45. The first-order chi connectivity index (χ1) is 7.51. The minimum absolute atomic E-state index is 0.236. The Morgan fingerprint density at radius 3 is 2.69 bits per heavy atom. The highest BCUT2D eigenvalue weighted by Crippen LogP contribution is 2.30. The molecule has 3 N–H and O–H groups in total. The summed E-state index contributed by atoms with van der Waals surface area (Å²) in [5.41, 5.74) is 5.52. The number of carbonyl (C=O) groups excluding carboxylic acids is 1. The van der Waals surface area contributed by atoms with E-state index in [9.17, 15) is 9.18 Å². The molecule has 16 heavy (non-hydrogen) atoms. The van der Waals surface area contributed by atoms with Gasteiger partial charge in [0, 0.05) is 5.69 Å². The molecule has 1 aliphatic rings. The molecule has 0 aromatic heterocycles. The Labute approximate surface area is 101 Å². The molecule has 5 heteroatoms. The van der Waals surface area contributed by atoms with E-state index in [1.807, 2.05) is 0 Å². The maximum atomic E-state index is 13.2. The second-order valence-electron chi connectivity index (χ2n) is 4.09. The van der Waals surface area contributed by atoms with Crippen LogP contribution >= 0.6 is 15.9 Å². The largest absolute Gasteiger partial charge is 0.324 e. The number of hydrogen-bond acceptors (Lipinski definition) is 2. The smallest absolute Gasteiger partial charge is 0.244 e. The van der Waals surface area contributed by atoms with Crippen molar-refractivity contribution >= 4 is 27.5 Å². The lowest BCUT2D eigenvalue weighted by atomic mass is 9.77. The fourth-order valence-corrected chi connectivity index (χ4v) is 1.86. The van der Waals surface area contributed by atoms with Crippen molar-refractivity contribution in [3.8, 4) is 0 Å². The van der Waals surface area contributed by atoms with Crippen molar-refractivity contribution in [3.63, 3.8) is 0 Å². The molecule has 0 spiro atoms. The molecule has 0 bridgehead atoms. The summed E-state index contributed by atoms with van der Waals surface area (Å²) >= 11 is 3.05. The van der Waals surface area contributed by atoms with E-state index >= 15 is 0 Å². The average molecular weight is 287 g/mol. The summed E-state index contributed by atoms with van der Waals surface area (Å²) < 4.78 is 13.6. The van der Waals surface area contributed by atoms with Crippen LogP contribution in [0.2, 0.25) is 0 Å². The SMILES string of the molecule is NC1(C(=O)Nc2ccc(Br)c(F)c2)CCC1. The highest BCUT2D eigenvalue weighted by molar-refractivity contribution is 9.10. The van der Waals surface area contributed by atoms with Gasteiger partial charge in [0.2, 0.25) is 5.91 Å². The molecule has 0 aliphatic heterocycles. The van der Waals surface area contributed by atoms with Crippen LogP contribution in [-0.4, -0.2) is 11.4 Å². The van der Waals surface area contributed by atoms with Gasteiger partial charge < -0.3 is 11.1 Å². The highest BCUT2D eigenvalue weighted by atomic mass is 79.9. The molecule has 1 saturated carbocycles. The number of benzene rings is 1. The molecule has 1 aromatic carbocycles. The van der Waals surface area contributed by atoms with Crippen molar-refractivity contribution in [3.05, 3.63) is 28.5 Å². The number of amides is 1. The van der Waals surface area contributed by atoms with E-state index in [1.165, 1.54) is 6.07 Å². The summed E-state index contributed by atoms with van der Waals surface area (Å²) in [4.78, 5) is 11.7. The van der Waals surface area contributed by atoms with Gasteiger partial charge in [-0.2, -0.15) is 0 Å². The van der Waals surface area contributed by atoms with Gasteiger partial charge in [0.15, 0.2) is 0 Å². The molecule has 0 saturated heterocycles. The van der Waals surface area contributed by atoms with Gasteiger partial charge >= 0.3 is 0 Å². The summed E-state index contributed by atoms with van der Waals surface area (Å²) in [6.45, 7) is 0. The van der Waals surface area contributed by atoms with Crippen LogP contribution in [0.5, 0.6) is 0 Å². The maximum Gasteiger partial charge on any atom is 0.244 e. The highest BCUT2D eigenvalue weighted by Gasteiger charge is 2.40. The second-order valence-corrected chi connectivity index (χ2v) is 4.95. The maximum absolute atomic E-state index is 13.2. The van der Waals surface area contributed by atoms with Gasteiger partial charge in [-0.15, -0.1) is 0 Å². The van der Waals surface area contributed by atoms with Crippen molar-refractivity contribution in [2.24, 2.45) is 5.73 Å². The van der Waals surface area contributed by atoms with E-state index in [0.29, 0.717) is 23.0 Å².